The number of aldehydes is 2. The summed E-state index contributed by atoms with van der Waals surface area (Å²) in [5, 5.41) is 0. The summed E-state index contributed by atoms with van der Waals surface area (Å²) < 4.78 is 13.3. The summed E-state index contributed by atoms with van der Waals surface area (Å²) in [6.07, 6.45) is 10.7. The Hall–Kier alpha value is -1.66. The van der Waals surface area contributed by atoms with Gasteiger partial charge in [0.15, 0.2) is 12.6 Å². The van der Waals surface area contributed by atoms with Crippen LogP contribution in [0.2, 0.25) is 0 Å². The van der Waals surface area contributed by atoms with Gasteiger partial charge < -0.3 is 9.47 Å². The van der Waals surface area contributed by atoms with Crippen LogP contribution in [-0.4, -0.2) is 25.8 Å². The molecule has 0 spiro atoms. The Bertz CT molecular complexity index is 740. The van der Waals surface area contributed by atoms with Gasteiger partial charge in [-0.15, -0.1) is 0 Å². The molecule has 0 saturated carbocycles. The van der Waals surface area contributed by atoms with Crippen LogP contribution in [0.15, 0.2) is 45.3 Å². The molecule has 0 unspecified atom stereocenters. The molecule has 0 aromatic heterocycles. The molecule has 0 fully saturated rings. The molecule has 0 heterocycles. The van der Waals surface area contributed by atoms with Crippen molar-refractivity contribution in [1.82, 2.24) is 0 Å². The molecule has 2 aromatic carbocycles. The van der Waals surface area contributed by atoms with Crippen molar-refractivity contribution in [2.45, 2.75) is 51.4 Å². The highest BCUT2D eigenvalue weighted by molar-refractivity contribution is 9.10. The van der Waals surface area contributed by atoms with Gasteiger partial charge >= 0.3 is 0 Å². The molecule has 0 amide bonds. The largest absolute Gasteiger partial charge is 0.493 e. The molecule has 0 aliphatic carbocycles. The van der Waals surface area contributed by atoms with E-state index >= 15 is 0 Å². The number of carbonyl (C=O) groups is 2. The Morgan fingerprint density at radius 1 is 0.600 bits per heavy atom. The normalized spacial score (nSPS) is 10.6. The fourth-order valence-electron chi connectivity index (χ4n) is 3.09. The zero-order valence-corrected chi connectivity index (χ0v) is 20.3. The number of ether oxygens (including phenoxy) is 2. The monoisotopic (exact) mass is 538 g/mol. The van der Waals surface area contributed by atoms with Crippen LogP contribution in [0.1, 0.15) is 72.1 Å². The molecule has 0 aliphatic rings. The first kappa shape index (κ1) is 24.6. The number of carbonyl (C=O) groups excluding carboxylic acids is 2. The number of unbranched alkanes of at least 4 members (excludes halogenated alkanes) is 7. The fourth-order valence-corrected chi connectivity index (χ4v) is 3.77. The molecule has 162 valence electrons. The molecule has 0 N–H and O–H groups in total. The Labute approximate surface area is 195 Å². The first-order chi connectivity index (χ1) is 14.6. The number of benzene rings is 2. The van der Waals surface area contributed by atoms with Crippen molar-refractivity contribution in [2.75, 3.05) is 13.2 Å². The van der Waals surface area contributed by atoms with Gasteiger partial charge in [0, 0.05) is 8.95 Å². The highest BCUT2D eigenvalue weighted by atomic mass is 79.9. The average molecular weight is 540 g/mol. The molecule has 30 heavy (non-hydrogen) atoms. The Kier molecular flexibility index (Phi) is 11.8. The van der Waals surface area contributed by atoms with Crippen LogP contribution in [0, 0.1) is 0 Å². The minimum atomic E-state index is 0.587. The first-order valence-corrected chi connectivity index (χ1v) is 12.0. The van der Waals surface area contributed by atoms with Crippen LogP contribution >= 0.6 is 31.9 Å². The van der Waals surface area contributed by atoms with Gasteiger partial charge in [-0.05, 0) is 49.2 Å². The molecule has 2 rings (SSSR count). The van der Waals surface area contributed by atoms with E-state index in [2.05, 4.69) is 31.9 Å². The van der Waals surface area contributed by atoms with E-state index in [9.17, 15) is 9.59 Å². The van der Waals surface area contributed by atoms with Gasteiger partial charge in [-0.25, -0.2) is 0 Å². The molecule has 2 aromatic rings. The third-order valence-corrected chi connectivity index (χ3v) is 5.75. The molecule has 0 saturated heterocycles. The Morgan fingerprint density at radius 2 is 0.967 bits per heavy atom. The van der Waals surface area contributed by atoms with E-state index in [0.29, 0.717) is 35.8 Å². The Balaban J connectivity index is 1.46. The van der Waals surface area contributed by atoms with Crippen molar-refractivity contribution in [3.63, 3.8) is 0 Å². The van der Waals surface area contributed by atoms with E-state index in [1.807, 2.05) is 24.3 Å². The molecular weight excluding hydrogens is 512 g/mol. The van der Waals surface area contributed by atoms with E-state index in [4.69, 9.17) is 9.47 Å². The van der Waals surface area contributed by atoms with Gasteiger partial charge in [-0.2, -0.15) is 0 Å². The lowest BCUT2D eigenvalue weighted by molar-refractivity contribution is 0.111. The molecule has 6 heteroatoms. The second kappa shape index (κ2) is 14.4. The minimum Gasteiger partial charge on any atom is -0.493 e. The van der Waals surface area contributed by atoms with Gasteiger partial charge in [-0.1, -0.05) is 70.4 Å². The first-order valence-electron chi connectivity index (χ1n) is 10.4. The summed E-state index contributed by atoms with van der Waals surface area (Å²) in [5.41, 5.74) is 1.17. The van der Waals surface area contributed by atoms with Crippen LogP contribution in [0.3, 0.4) is 0 Å². The lowest BCUT2D eigenvalue weighted by atomic mass is 10.1. The van der Waals surface area contributed by atoms with Crippen molar-refractivity contribution < 1.29 is 19.1 Å². The summed E-state index contributed by atoms with van der Waals surface area (Å²) in [6.45, 7) is 1.26. The van der Waals surface area contributed by atoms with Crippen molar-refractivity contribution in [1.29, 1.82) is 0 Å². The number of rotatable bonds is 15. The summed E-state index contributed by atoms with van der Waals surface area (Å²) in [5.74, 6) is 1.29. The van der Waals surface area contributed by atoms with E-state index in [1.54, 1.807) is 12.1 Å². The van der Waals surface area contributed by atoms with Crippen LogP contribution in [0.25, 0.3) is 0 Å². The van der Waals surface area contributed by atoms with E-state index in [1.165, 1.54) is 25.7 Å². The smallest absolute Gasteiger partial charge is 0.153 e. The lowest BCUT2D eigenvalue weighted by Crippen LogP contribution is -2.00. The highest BCUT2D eigenvalue weighted by Crippen LogP contribution is 2.24. The third-order valence-electron chi connectivity index (χ3n) is 4.76. The summed E-state index contributed by atoms with van der Waals surface area (Å²) in [4.78, 5) is 22.1. The molecular formula is C24H28Br2O4. The zero-order valence-electron chi connectivity index (χ0n) is 17.1. The van der Waals surface area contributed by atoms with Gasteiger partial charge in [-0.3, -0.25) is 9.59 Å². The lowest BCUT2D eigenvalue weighted by Gasteiger charge is -2.09. The zero-order chi connectivity index (χ0) is 21.6. The summed E-state index contributed by atoms with van der Waals surface area (Å²) >= 11 is 6.80. The second-order valence-corrected chi connectivity index (χ2v) is 8.96. The topological polar surface area (TPSA) is 52.6 Å². The average Bonchev–Trinajstić information content (AvgIpc) is 2.74. The minimum absolute atomic E-state index is 0.587. The van der Waals surface area contributed by atoms with Gasteiger partial charge in [0.25, 0.3) is 0 Å². The van der Waals surface area contributed by atoms with Gasteiger partial charge in [0.2, 0.25) is 0 Å². The predicted octanol–water partition coefficient (Wildman–Crippen LogP) is 7.42. The van der Waals surface area contributed by atoms with Crippen molar-refractivity contribution >= 4 is 44.4 Å². The SMILES string of the molecule is O=Cc1ccc(Br)cc1OCCCCCCCCCCOc1cc(Br)ccc1C=O. The fraction of sp³-hybridized carbons (Fsp3) is 0.417. The molecule has 0 atom stereocenters. The van der Waals surface area contributed by atoms with Gasteiger partial charge in [0.05, 0.1) is 24.3 Å². The summed E-state index contributed by atoms with van der Waals surface area (Å²) in [7, 11) is 0. The quantitative estimate of drug-likeness (QED) is 0.174. The Morgan fingerprint density at radius 3 is 1.33 bits per heavy atom. The predicted molar refractivity (Wildman–Crippen MR) is 127 cm³/mol. The maximum atomic E-state index is 11.0. The van der Waals surface area contributed by atoms with Crippen LogP contribution in [0.5, 0.6) is 11.5 Å². The molecule has 4 nitrogen and oxygen atoms in total. The van der Waals surface area contributed by atoms with Crippen molar-refractivity contribution in [3.05, 3.63) is 56.5 Å². The standard InChI is InChI=1S/C24H28Br2O4/c25-21-11-9-19(17-27)23(15-21)29-13-7-5-3-1-2-4-6-8-14-30-24-16-22(26)12-10-20(24)18-28/h9-12,15-18H,1-8,13-14H2. The van der Waals surface area contributed by atoms with Crippen molar-refractivity contribution in [3.8, 4) is 11.5 Å². The number of hydrogen-bond donors (Lipinski definition) is 0. The number of hydrogen-bond acceptors (Lipinski definition) is 4. The van der Waals surface area contributed by atoms with E-state index in [-0.39, 0.29) is 0 Å². The van der Waals surface area contributed by atoms with E-state index in [0.717, 1.165) is 47.2 Å². The van der Waals surface area contributed by atoms with Crippen molar-refractivity contribution in [2.24, 2.45) is 0 Å². The van der Waals surface area contributed by atoms with Crippen LogP contribution in [-0.2, 0) is 0 Å². The summed E-state index contributed by atoms with van der Waals surface area (Å²) in [6, 6.07) is 10.9. The van der Waals surface area contributed by atoms with Gasteiger partial charge in [0.1, 0.15) is 11.5 Å². The molecule has 0 radical (unpaired) electrons. The molecule has 0 bridgehead atoms. The van der Waals surface area contributed by atoms with E-state index < -0.39 is 0 Å². The maximum Gasteiger partial charge on any atom is 0.153 e. The van der Waals surface area contributed by atoms with Crippen LogP contribution < -0.4 is 9.47 Å². The third kappa shape index (κ3) is 9.00. The van der Waals surface area contributed by atoms with Crippen LogP contribution in [0.4, 0.5) is 0 Å². The second-order valence-electron chi connectivity index (χ2n) is 7.13. The highest BCUT2D eigenvalue weighted by Gasteiger charge is 2.05. The number of halogens is 2. The molecule has 0 aliphatic heterocycles. The maximum absolute atomic E-state index is 11.0.